The topological polar surface area (TPSA) is 51.1 Å². The van der Waals surface area contributed by atoms with E-state index >= 15 is 0 Å². The third kappa shape index (κ3) is 4.44. The molecule has 5 aromatic rings. The number of benzene rings is 5. The van der Waals surface area contributed by atoms with Crippen LogP contribution in [0.15, 0.2) is 163 Å². The van der Waals surface area contributed by atoms with Crippen molar-refractivity contribution in [3.05, 3.63) is 175 Å². The molecular formula is C35H26N2O3. The molecule has 0 unspecified atom stereocenters. The lowest BCUT2D eigenvalue weighted by Gasteiger charge is -2.40. The maximum atomic E-state index is 13.2. The van der Waals surface area contributed by atoms with E-state index < -0.39 is 11.5 Å². The van der Waals surface area contributed by atoms with Crippen molar-refractivity contribution >= 4 is 23.1 Å². The van der Waals surface area contributed by atoms with E-state index in [2.05, 4.69) is 6.58 Å². The van der Waals surface area contributed by atoms with Gasteiger partial charge in [0.15, 0.2) is 5.54 Å². The fourth-order valence-corrected chi connectivity index (χ4v) is 5.05. The molecule has 0 saturated carbocycles. The maximum absolute atomic E-state index is 13.2. The molecule has 0 atom stereocenters. The van der Waals surface area contributed by atoms with Crippen LogP contribution in [0.2, 0.25) is 0 Å². The van der Waals surface area contributed by atoms with E-state index in [9.17, 15) is 4.79 Å². The average molecular weight is 523 g/mol. The molecule has 0 fully saturated rings. The Bertz CT molecular complexity index is 1630. The highest BCUT2D eigenvalue weighted by Crippen LogP contribution is 2.50. The minimum Gasteiger partial charge on any atom is -0.421 e. The number of fused-ring (bicyclic) bond motifs is 1. The second kappa shape index (κ2) is 10.8. The summed E-state index contributed by atoms with van der Waals surface area (Å²) in [6.45, 7) is 3.97. The third-order valence-corrected chi connectivity index (χ3v) is 6.79. The van der Waals surface area contributed by atoms with Crippen LogP contribution in [-0.4, -0.2) is 11.7 Å². The number of hydrogen-bond donors (Lipinski definition) is 0. The average Bonchev–Trinajstić information content (AvgIpc) is 3.28. The SMILES string of the molecule is C=C(ON1c2ccccc2C(=Nc2ccccc2)C1(c1ccccc1)c1ccccc1)C(=O)Oc1ccccc1. The predicted molar refractivity (Wildman–Crippen MR) is 158 cm³/mol. The highest BCUT2D eigenvalue weighted by atomic mass is 16.7. The lowest BCUT2D eigenvalue weighted by Crippen LogP contribution is -2.49. The van der Waals surface area contributed by atoms with Crippen molar-refractivity contribution in [3.8, 4) is 5.75 Å². The van der Waals surface area contributed by atoms with Crippen molar-refractivity contribution in [3.63, 3.8) is 0 Å². The molecule has 0 aliphatic carbocycles. The zero-order valence-corrected chi connectivity index (χ0v) is 21.7. The third-order valence-electron chi connectivity index (χ3n) is 6.79. The Morgan fingerprint density at radius 3 is 1.75 bits per heavy atom. The van der Waals surface area contributed by atoms with Gasteiger partial charge in [0, 0.05) is 5.56 Å². The van der Waals surface area contributed by atoms with Crippen LogP contribution in [0.25, 0.3) is 0 Å². The van der Waals surface area contributed by atoms with Crippen LogP contribution in [0.3, 0.4) is 0 Å². The van der Waals surface area contributed by atoms with Crippen LogP contribution in [0.1, 0.15) is 16.7 Å². The summed E-state index contributed by atoms with van der Waals surface area (Å²) < 4.78 is 5.56. The van der Waals surface area contributed by atoms with Gasteiger partial charge in [0.05, 0.1) is 17.1 Å². The molecule has 0 aromatic heterocycles. The molecule has 0 amide bonds. The molecule has 1 aliphatic rings. The molecule has 0 bridgehead atoms. The molecule has 194 valence electrons. The van der Waals surface area contributed by atoms with Gasteiger partial charge in [-0.1, -0.05) is 115 Å². The number of hydroxylamine groups is 1. The zero-order valence-electron chi connectivity index (χ0n) is 21.7. The van der Waals surface area contributed by atoms with E-state index in [1.54, 1.807) is 29.3 Å². The van der Waals surface area contributed by atoms with Gasteiger partial charge in [-0.3, -0.25) is 0 Å². The van der Waals surface area contributed by atoms with E-state index in [0.29, 0.717) is 5.75 Å². The number of para-hydroxylation sites is 3. The monoisotopic (exact) mass is 522 g/mol. The lowest BCUT2D eigenvalue weighted by atomic mass is 9.78. The predicted octanol–water partition coefficient (Wildman–Crippen LogP) is 7.62. The molecule has 5 aromatic carbocycles. The summed E-state index contributed by atoms with van der Waals surface area (Å²) >= 11 is 0. The van der Waals surface area contributed by atoms with Gasteiger partial charge in [0.25, 0.3) is 0 Å². The number of carbonyl (C=O) groups excluding carboxylic acids is 1. The Labute approximate surface area is 233 Å². The molecule has 40 heavy (non-hydrogen) atoms. The fraction of sp³-hybridized carbons (Fsp3) is 0.0286. The molecule has 0 radical (unpaired) electrons. The highest BCUT2D eigenvalue weighted by Gasteiger charge is 2.54. The van der Waals surface area contributed by atoms with Crippen molar-refractivity contribution < 1.29 is 14.4 Å². The Morgan fingerprint density at radius 1 is 0.650 bits per heavy atom. The summed E-state index contributed by atoms with van der Waals surface area (Å²) in [4.78, 5) is 24.8. The van der Waals surface area contributed by atoms with Crippen molar-refractivity contribution in [1.82, 2.24) is 0 Å². The number of hydrogen-bond acceptors (Lipinski definition) is 5. The van der Waals surface area contributed by atoms with Gasteiger partial charge in [-0.15, -0.1) is 0 Å². The summed E-state index contributed by atoms with van der Waals surface area (Å²) in [6, 6.07) is 46.6. The molecule has 0 spiro atoms. The number of esters is 1. The van der Waals surface area contributed by atoms with E-state index in [0.717, 1.165) is 33.8 Å². The van der Waals surface area contributed by atoms with Crippen molar-refractivity contribution in [2.45, 2.75) is 5.54 Å². The molecule has 6 rings (SSSR count). The van der Waals surface area contributed by atoms with Gasteiger partial charge in [0.2, 0.25) is 5.76 Å². The second-order valence-corrected chi connectivity index (χ2v) is 9.27. The first-order chi connectivity index (χ1) is 19.7. The number of anilines is 1. The molecule has 5 heteroatoms. The number of carbonyl (C=O) groups is 1. The Hall–Kier alpha value is -5.42. The largest absolute Gasteiger partial charge is 0.421 e. The highest BCUT2D eigenvalue weighted by molar-refractivity contribution is 6.20. The number of rotatable bonds is 7. The van der Waals surface area contributed by atoms with E-state index in [1.165, 1.54) is 0 Å². The first kappa shape index (κ1) is 24.9. The smallest absolute Gasteiger partial charge is 0.381 e. The van der Waals surface area contributed by atoms with Crippen molar-refractivity contribution in [2.24, 2.45) is 4.99 Å². The van der Waals surface area contributed by atoms with Crippen LogP contribution < -0.4 is 9.80 Å². The van der Waals surface area contributed by atoms with E-state index in [-0.39, 0.29) is 5.76 Å². The summed E-state index contributed by atoms with van der Waals surface area (Å²) in [6.07, 6.45) is 0. The number of aliphatic imine (C=N–C) groups is 1. The molecule has 0 saturated heterocycles. The molecule has 1 aliphatic heterocycles. The van der Waals surface area contributed by atoms with E-state index in [4.69, 9.17) is 14.6 Å². The Kier molecular flexibility index (Phi) is 6.69. The van der Waals surface area contributed by atoms with Crippen LogP contribution in [0.4, 0.5) is 11.4 Å². The Morgan fingerprint density at radius 2 is 1.15 bits per heavy atom. The van der Waals surface area contributed by atoms with Crippen LogP contribution in [0, 0.1) is 0 Å². The fourth-order valence-electron chi connectivity index (χ4n) is 5.05. The molecular weight excluding hydrogens is 496 g/mol. The first-order valence-electron chi connectivity index (χ1n) is 13.0. The van der Waals surface area contributed by atoms with E-state index in [1.807, 2.05) is 121 Å². The van der Waals surface area contributed by atoms with Crippen molar-refractivity contribution in [2.75, 3.05) is 5.06 Å². The van der Waals surface area contributed by atoms with Gasteiger partial charge in [-0.2, -0.15) is 5.06 Å². The number of nitrogens with zero attached hydrogens (tertiary/aromatic N) is 2. The van der Waals surface area contributed by atoms with Gasteiger partial charge in [-0.25, -0.2) is 9.79 Å². The van der Waals surface area contributed by atoms with Gasteiger partial charge < -0.3 is 9.57 Å². The molecule has 1 heterocycles. The molecule has 5 nitrogen and oxygen atoms in total. The summed E-state index contributed by atoms with van der Waals surface area (Å²) in [5, 5.41) is 1.74. The van der Waals surface area contributed by atoms with Crippen molar-refractivity contribution in [1.29, 1.82) is 0 Å². The zero-order chi connectivity index (χ0) is 27.4. The van der Waals surface area contributed by atoms with Gasteiger partial charge >= 0.3 is 5.97 Å². The molecule has 0 N–H and O–H groups in total. The maximum Gasteiger partial charge on any atom is 0.381 e. The quantitative estimate of drug-likeness (QED) is 0.0955. The van der Waals surface area contributed by atoms with Crippen LogP contribution in [0.5, 0.6) is 5.75 Å². The summed E-state index contributed by atoms with van der Waals surface area (Å²) in [5.41, 5.74) is 3.95. The van der Waals surface area contributed by atoms with Crippen LogP contribution in [-0.2, 0) is 15.2 Å². The van der Waals surface area contributed by atoms with Gasteiger partial charge in [0.1, 0.15) is 5.75 Å². The summed E-state index contributed by atoms with van der Waals surface area (Å²) in [5.74, 6) is -0.439. The first-order valence-corrected chi connectivity index (χ1v) is 13.0. The van der Waals surface area contributed by atoms with Crippen LogP contribution >= 0.6 is 0 Å². The Balaban J connectivity index is 1.56. The minimum atomic E-state index is -1.06. The lowest BCUT2D eigenvalue weighted by molar-refractivity contribution is -0.134. The van der Waals surface area contributed by atoms with Gasteiger partial charge in [-0.05, 0) is 48.0 Å². The summed E-state index contributed by atoms with van der Waals surface area (Å²) in [7, 11) is 0. The standard InChI is InChI=1S/C35H26N2O3/c1-26(34(38)39-30-22-12-5-13-23-30)40-37-32-25-15-14-24-31(32)33(36-29-20-10-4-11-21-29)35(37,27-16-6-2-7-17-27)28-18-8-3-9-19-28/h2-25H,1H2. The second-order valence-electron chi connectivity index (χ2n) is 9.27. The normalized spacial score (nSPS) is 14.4. The number of ether oxygens (including phenoxy) is 1. The minimum absolute atomic E-state index is 0.157.